The molecular formula is C15H11BrCl2N2O. The highest BCUT2D eigenvalue weighted by molar-refractivity contribution is 9.10. The van der Waals surface area contributed by atoms with E-state index >= 15 is 0 Å². The van der Waals surface area contributed by atoms with Crippen LogP contribution in [-0.4, -0.2) is 5.91 Å². The number of nitrogens with zero attached hydrogens (tertiary/aromatic N) is 1. The van der Waals surface area contributed by atoms with Gasteiger partial charge in [0.25, 0.3) is 0 Å². The third kappa shape index (κ3) is 2.57. The van der Waals surface area contributed by atoms with E-state index in [-0.39, 0.29) is 5.91 Å². The summed E-state index contributed by atoms with van der Waals surface area (Å²) in [6.45, 7) is 0.305. The first-order valence-corrected chi connectivity index (χ1v) is 7.83. The van der Waals surface area contributed by atoms with Gasteiger partial charge in [-0.1, -0.05) is 45.2 Å². The van der Waals surface area contributed by atoms with E-state index < -0.39 is 6.04 Å². The molecule has 0 aromatic heterocycles. The molecule has 0 saturated carbocycles. The van der Waals surface area contributed by atoms with Crippen molar-refractivity contribution in [2.24, 2.45) is 5.73 Å². The number of anilines is 1. The predicted molar refractivity (Wildman–Crippen MR) is 88.7 cm³/mol. The molecule has 108 valence electrons. The van der Waals surface area contributed by atoms with Gasteiger partial charge in [-0.2, -0.15) is 0 Å². The number of rotatable bonds is 2. The molecule has 21 heavy (non-hydrogen) atoms. The molecule has 1 aliphatic heterocycles. The minimum Gasteiger partial charge on any atom is -0.316 e. The zero-order valence-electron chi connectivity index (χ0n) is 10.8. The van der Waals surface area contributed by atoms with Crippen molar-refractivity contribution in [1.29, 1.82) is 0 Å². The van der Waals surface area contributed by atoms with Gasteiger partial charge in [0.2, 0.25) is 5.91 Å². The lowest BCUT2D eigenvalue weighted by molar-refractivity contribution is -0.119. The quantitative estimate of drug-likeness (QED) is 0.837. The Labute approximate surface area is 140 Å². The third-order valence-corrected chi connectivity index (χ3v) is 4.73. The van der Waals surface area contributed by atoms with Crippen LogP contribution < -0.4 is 10.6 Å². The number of benzene rings is 2. The minimum atomic E-state index is -0.654. The maximum Gasteiger partial charge on any atom is 0.248 e. The number of halogens is 3. The lowest BCUT2D eigenvalue weighted by atomic mass is 10.1. The van der Waals surface area contributed by atoms with Gasteiger partial charge in [0.15, 0.2) is 0 Å². The molecule has 0 radical (unpaired) electrons. The second-order valence-electron chi connectivity index (χ2n) is 4.81. The SMILES string of the molecule is NC1C(=O)N(Cc2c(Cl)cccc2Cl)c2ccc(Br)cc21. The van der Waals surface area contributed by atoms with Crippen LogP contribution in [0, 0.1) is 0 Å². The first-order chi connectivity index (χ1) is 9.99. The van der Waals surface area contributed by atoms with Gasteiger partial charge in [-0.05, 0) is 30.3 Å². The Morgan fingerprint density at radius 2 is 1.86 bits per heavy atom. The second-order valence-corrected chi connectivity index (χ2v) is 6.54. The van der Waals surface area contributed by atoms with Crippen LogP contribution in [-0.2, 0) is 11.3 Å². The van der Waals surface area contributed by atoms with Gasteiger partial charge in [-0.15, -0.1) is 0 Å². The van der Waals surface area contributed by atoms with Crippen LogP contribution in [0.5, 0.6) is 0 Å². The average molecular weight is 386 g/mol. The summed E-state index contributed by atoms with van der Waals surface area (Å²) in [5.74, 6) is -0.154. The number of nitrogens with two attached hydrogens (primary N) is 1. The number of carbonyl (C=O) groups is 1. The second kappa shape index (κ2) is 5.61. The summed E-state index contributed by atoms with van der Waals surface area (Å²) in [4.78, 5) is 14.0. The van der Waals surface area contributed by atoms with E-state index in [0.29, 0.717) is 16.6 Å². The van der Waals surface area contributed by atoms with E-state index in [9.17, 15) is 4.79 Å². The molecule has 2 aromatic rings. The van der Waals surface area contributed by atoms with E-state index in [1.54, 1.807) is 23.1 Å². The van der Waals surface area contributed by atoms with Crippen LogP contribution in [0.3, 0.4) is 0 Å². The maximum atomic E-state index is 12.4. The molecule has 1 atom stereocenters. The fourth-order valence-electron chi connectivity index (χ4n) is 2.44. The monoisotopic (exact) mass is 384 g/mol. The Hall–Kier alpha value is -1.07. The van der Waals surface area contributed by atoms with Crippen molar-refractivity contribution < 1.29 is 4.79 Å². The average Bonchev–Trinajstić information content (AvgIpc) is 2.67. The van der Waals surface area contributed by atoms with Gasteiger partial charge >= 0.3 is 0 Å². The fraction of sp³-hybridized carbons (Fsp3) is 0.133. The lowest BCUT2D eigenvalue weighted by Crippen LogP contribution is -2.31. The summed E-state index contributed by atoms with van der Waals surface area (Å²) in [5, 5.41) is 1.07. The van der Waals surface area contributed by atoms with E-state index in [2.05, 4.69) is 15.9 Å². The maximum absolute atomic E-state index is 12.4. The van der Waals surface area contributed by atoms with Crippen LogP contribution in [0.4, 0.5) is 5.69 Å². The first-order valence-electron chi connectivity index (χ1n) is 6.28. The van der Waals surface area contributed by atoms with Crippen LogP contribution in [0.25, 0.3) is 0 Å². The summed E-state index contributed by atoms with van der Waals surface area (Å²) >= 11 is 15.8. The Morgan fingerprint density at radius 3 is 2.52 bits per heavy atom. The first kappa shape index (κ1) is 14.9. The van der Waals surface area contributed by atoms with Crippen LogP contribution in [0.2, 0.25) is 10.0 Å². The van der Waals surface area contributed by atoms with E-state index in [1.807, 2.05) is 18.2 Å². The molecule has 1 amide bonds. The van der Waals surface area contributed by atoms with Gasteiger partial charge < -0.3 is 10.6 Å². The van der Waals surface area contributed by atoms with Gasteiger partial charge in [0.05, 0.1) is 6.54 Å². The number of amides is 1. The number of hydrogen-bond acceptors (Lipinski definition) is 2. The van der Waals surface area contributed by atoms with Crippen molar-refractivity contribution in [2.45, 2.75) is 12.6 Å². The largest absolute Gasteiger partial charge is 0.316 e. The topological polar surface area (TPSA) is 46.3 Å². The van der Waals surface area contributed by atoms with Crippen molar-refractivity contribution in [3.05, 3.63) is 62.0 Å². The summed E-state index contributed by atoms with van der Waals surface area (Å²) in [6.07, 6.45) is 0. The molecular weight excluding hydrogens is 375 g/mol. The molecule has 1 aliphatic rings. The Morgan fingerprint density at radius 1 is 1.19 bits per heavy atom. The molecule has 1 unspecified atom stereocenters. The van der Waals surface area contributed by atoms with Gasteiger partial charge in [0, 0.05) is 31.3 Å². The molecule has 0 bridgehead atoms. The Kier molecular flexibility index (Phi) is 3.97. The standard InChI is InChI=1S/C15H11BrCl2N2O/c16-8-4-5-13-9(6-8)14(19)15(21)20(13)7-10-11(17)2-1-3-12(10)18/h1-6,14H,7,19H2. The smallest absolute Gasteiger partial charge is 0.248 e. The van der Waals surface area contributed by atoms with Crippen LogP contribution in [0.15, 0.2) is 40.9 Å². The highest BCUT2D eigenvalue weighted by Crippen LogP contribution is 2.38. The zero-order valence-corrected chi connectivity index (χ0v) is 13.9. The number of fused-ring (bicyclic) bond motifs is 1. The highest BCUT2D eigenvalue weighted by atomic mass is 79.9. The zero-order chi connectivity index (χ0) is 15.1. The molecule has 2 N–H and O–H groups in total. The molecule has 0 spiro atoms. The minimum absolute atomic E-state index is 0.154. The molecule has 2 aromatic carbocycles. The molecule has 3 nitrogen and oxygen atoms in total. The van der Waals surface area contributed by atoms with Crippen LogP contribution in [0.1, 0.15) is 17.2 Å². The van der Waals surface area contributed by atoms with Crippen molar-refractivity contribution in [3.8, 4) is 0 Å². The van der Waals surface area contributed by atoms with Gasteiger partial charge in [-0.25, -0.2) is 0 Å². The molecule has 0 saturated heterocycles. The van der Waals surface area contributed by atoms with E-state index in [1.165, 1.54) is 0 Å². The third-order valence-electron chi connectivity index (χ3n) is 3.53. The van der Waals surface area contributed by atoms with Crippen LogP contribution >= 0.6 is 39.1 Å². The number of carbonyl (C=O) groups excluding carboxylic acids is 1. The highest BCUT2D eigenvalue weighted by Gasteiger charge is 2.35. The molecule has 0 aliphatic carbocycles. The fourth-order valence-corrected chi connectivity index (χ4v) is 3.34. The summed E-state index contributed by atoms with van der Waals surface area (Å²) < 4.78 is 0.891. The molecule has 3 rings (SSSR count). The lowest BCUT2D eigenvalue weighted by Gasteiger charge is -2.19. The molecule has 1 heterocycles. The van der Waals surface area contributed by atoms with Crippen molar-refractivity contribution >= 4 is 50.7 Å². The normalized spacial score (nSPS) is 17.2. The summed E-state index contributed by atoms with van der Waals surface area (Å²) in [5.41, 5.74) is 8.32. The molecule has 0 fully saturated rings. The summed E-state index contributed by atoms with van der Waals surface area (Å²) in [6, 6.07) is 10.2. The summed E-state index contributed by atoms with van der Waals surface area (Å²) in [7, 11) is 0. The van der Waals surface area contributed by atoms with E-state index in [4.69, 9.17) is 28.9 Å². The Bertz CT molecular complexity index is 715. The predicted octanol–water partition coefficient (Wildman–Crippen LogP) is 4.30. The van der Waals surface area contributed by atoms with E-state index in [0.717, 1.165) is 21.3 Å². The van der Waals surface area contributed by atoms with Crippen molar-refractivity contribution in [2.75, 3.05) is 4.90 Å². The Balaban J connectivity index is 2.03. The van der Waals surface area contributed by atoms with Gasteiger partial charge in [0.1, 0.15) is 6.04 Å². The van der Waals surface area contributed by atoms with Gasteiger partial charge in [-0.3, -0.25) is 4.79 Å². The van der Waals surface area contributed by atoms with Crippen molar-refractivity contribution in [1.82, 2.24) is 0 Å². The number of hydrogen-bond donors (Lipinski definition) is 1. The molecule has 6 heteroatoms. The van der Waals surface area contributed by atoms with Crippen molar-refractivity contribution in [3.63, 3.8) is 0 Å².